The normalized spacial score (nSPS) is 15.7. The van der Waals surface area contributed by atoms with E-state index in [1.807, 2.05) is 0 Å². The summed E-state index contributed by atoms with van der Waals surface area (Å²) in [5, 5.41) is 22.1. The molecule has 24 heavy (non-hydrogen) atoms. The van der Waals surface area contributed by atoms with Crippen LogP contribution in [-0.4, -0.2) is 33.5 Å². The Hall–Kier alpha value is -2.40. The zero-order chi connectivity index (χ0) is 17.2. The largest absolute Gasteiger partial charge is 0.269 e. The number of aromatic nitrogens is 4. The van der Waals surface area contributed by atoms with E-state index in [-0.39, 0.29) is 23.2 Å². The number of nitrogens with one attached hydrogen (secondary N) is 1. The van der Waals surface area contributed by atoms with Crippen molar-refractivity contribution >= 4 is 15.7 Å². The molecule has 2 aromatic rings. The second kappa shape index (κ2) is 6.61. The summed E-state index contributed by atoms with van der Waals surface area (Å²) >= 11 is 0. The van der Waals surface area contributed by atoms with Gasteiger partial charge in [-0.25, -0.2) is 17.8 Å². The average molecular weight is 352 g/mol. The molecule has 10 nitrogen and oxygen atoms in total. The number of non-ortho nitro benzene ring substituents is 1. The Labute approximate surface area is 138 Å². The molecule has 0 atom stereocenters. The van der Waals surface area contributed by atoms with Crippen LogP contribution in [0.25, 0.3) is 0 Å². The molecular formula is C13H16N6O4S. The minimum absolute atomic E-state index is 0.0389. The zero-order valence-corrected chi connectivity index (χ0v) is 13.5. The molecule has 128 valence electrons. The van der Waals surface area contributed by atoms with Crippen LogP contribution in [0.15, 0.2) is 29.2 Å². The van der Waals surface area contributed by atoms with Crippen molar-refractivity contribution in [2.75, 3.05) is 0 Å². The lowest BCUT2D eigenvalue weighted by Gasteiger charge is -2.12. The van der Waals surface area contributed by atoms with Crippen molar-refractivity contribution in [2.24, 2.45) is 0 Å². The minimum atomic E-state index is -3.80. The number of benzene rings is 1. The van der Waals surface area contributed by atoms with E-state index in [1.165, 1.54) is 12.1 Å². The molecule has 0 radical (unpaired) electrons. The van der Waals surface area contributed by atoms with Gasteiger partial charge in [-0.2, -0.15) is 0 Å². The number of nitro groups is 1. The first-order valence-corrected chi connectivity index (χ1v) is 8.96. The van der Waals surface area contributed by atoms with Crippen LogP contribution in [0.1, 0.15) is 37.5 Å². The van der Waals surface area contributed by atoms with Crippen molar-refractivity contribution in [3.05, 3.63) is 40.2 Å². The molecule has 11 heteroatoms. The van der Waals surface area contributed by atoms with E-state index in [0.717, 1.165) is 37.8 Å². The van der Waals surface area contributed by atoms with E-state index in [9.17, 15) is 18.5 Å². The second-order valence-corrected chi connectivity index (χ2v) is 7.32. The smallest absolute Gasteiger partial charge is 0.258 e. The van der Waals surface area contributed by atoms with Crippen molar-refractivity contribution in [1.29, 1.82) is 0 Å². The third-order valence-electron chi connectivity index (χ3n) is 4.01. The van der Waals surface area contributed by atoms with Crippen LogP contribution in [0.5, 0.6) is 0 Å². The number of tetrazole rings is 1. The molecule has 1 aromatic heterocycles. The van der Waals surface area contributed by atoms with Gasteiger partial charge >= 0.3 is 0 Å². The number of hydrogen-bond acceptors (Lipinski definition) is 7. The Morgan fingerprint density at radius 2 is 1.92 bits per heavy atom. The van der Waals surface area contributed by atoms with Crippen LogP contribution in [0.2, 0.25) is 0 Å². The molecule has 0 spiro atoms. The Morgan fingerprint density at radius 1 is 1.25 bits per heavy atom. The second-order valence-electron chi connectivity index (χ2n) is 5.55. The monoisotopic (exact) mass is 352 g/mol. The predicted octanol–water partition coefficient (Wildman–Crippen LogP) is 1.17. The number of nitro benzene ring substituents is 1. The van der Waals surface area contributed by atoms with Gasteiger partial charge in [0.15, 0.2) is 5.82 Å². The van der Waals surface area contributed by atoms with Crippen LogP contribution in [-0.2, 0) is 16.6 Å². The van der Waals surface area contributed by atoms with E-state index in [1.54, 1.807) is 4.68 Å². The highest BCUT2D eigenvalue weighted by Gasteiger charge is 2.23. The Morgan fingerprint density at radius 3 is 2.54 bits per heavy atom. The van der Waals surface area contributed by atoms with Crippen LogP contribution >= 0.6 is 0 Å². The fraction of sp³-hybridized carbons (Fsp3) is 0.462. The molecule has 1 aliphatic carbocycles. The van der Waals surface area contributed by atoms with Crippen molar-refractivity contribution in [1.82, 2.24) is 24.9 Å². The quantitative estimate of drug-likeness (QED) is 0.609. The van der Waals surface area contributed by atoms with Gasteiger partial charge in [-0.3, -0.25) is 10.1 Å². The van der Waals surface area contributed by atoms with Gasteiger partial charge in [0.2, 0.25) is 10.0 Å². The van der Waals surface area contributed by atoms with E-state index >= 15 is 0 Å². The first-order chi connectivity index (χ1) is 11.5. The van der Waals surface area contributed by atoms with Gasteiger partial charge in [0, 0.05) is 12.1 Å². The number of rotatable bonds is 6. The van der Waals surface area contributed by atoms with Gasteiger partial charge in [-0.05, 0) is 35.4 Å². The number of nitrogens with zero attached hydrogens (tertiary/aromatic N) is 5. The first-order valence-electron chi connectivity index (χ1n) is 7.48. The Kier molecular flexibility index (Phi) is 4.53. The predicted molar refractivity (Wildman–Crippen MR) is 82.4 cm³/mol. The lowest BCUT2D eigenvalue weighted by atomic mass is 10.2. The van der Waals surface area contributed by atoms with E-state index < -0.39 is 14.9 Å². The molecule has 1 heterocycles. The van der Waals surface area contributed by atoms with Gasteiger partial charge in [-0.15, -0.1) is 5.10 Å². The summed E-state index contributed by atoms with van der Waals surface area (Å²) in [7, 11) is -3.80. The number of hydrogen-bond donors (Lipinski definition) is 1. The highest BCUT2D eigenvalue weighted by atomic mass is 32.2. The summed E-state index contributed by atoms with van der Waals surface area (Å²) < 4.78 is 28.7. The first kappa shape index (κ1) is 16.5. The third-order valence-corrected chi connectivity index (χ3v) is 5.43. The fourth-order valence-electron chi connectivity index (χ4n) is 2.75. The summed E-state index contributed by atoms with van der Waals surface area (Å²) in [4.78, 5) is 9.99. The maximum atomic E-state index is 12.3. The molecule has 0 saturated heterocycles. The molecule has 1 saturated carbocycles. The van der Waals surface area contributed by atoms with Crippen molar-refractivity contribution < 1.29 is 13.3 Å². The van der Waals surface area contributed by atoms with E-state index in [2.05, 4.69) is 20.2 Å². The lowest BCUT2D eigenvalue weighted by molar-refractivity contribution is -0.384. The minimum Gasteiger partial charge on any atom is -0.258 e. The summed E-state index contributed by atoms with van der Waals surface area (Å²) in [5.41, 5.74) is -0.167. The molecule has 1 aromatic carbocycles. The molecule has 0 unspecified atom stereocenters. The maximum Gasteiger partial charge on any atom is 0.269 e. The standard InChI is InChI=1S/C13H16N6O4S/c20-19(21)11-5-7-12(8-6-11)24(22,23)14-9-13-15-16-17-18(13)10-3-1-2-4-10/h5-8,10,14H,1-4,9H2. The average Bonchev–Trinajstić information content (AvgIpc) is 3.24. The van der Waals surface area contributed by atoms with Gasteiger partial charge < -0.3 is 0 Å². The van der Waals surface area contributed by atoms with Crippen LogP contribution in [0.4, 0.5) is 5.69 Å². The maximum absolute atomic E-state index is 12.3. The van der Waals surface area contributed by atoms with Crippen LogP contribution in [0.3, 0.4) is 0 Å². The van der Waals surface area contributed by atoms with Crippen molar-refractivity contribution in [2.45, 2.75) is 43.2 Å². The van der Waals surface area contributed by atoms with Gasteiger partial charge in [-0.1, -0.05) is 12.8 Å². The van der Waals surface area contributed by atoms with E-state index in [4.69, 9.17) is 0 Å². The molecule has 1 fully saturated rings. The molecule has 1 N–H and O–H groups in total. The summed E-state index contributed by atoms with van der Waals surface area (Å²) in [6.07, 6.45) is 4.18. The van der Waals surface area contributed by atoms with Crippen molar-refractivity contribution in [3.63, 3.8) is 0 Å². The molecular weight excluding hydrogens is 336 g/mol. The van der Waals surface area contributed by atoms with Crippen molar-refractivity contribution in [3.8, 4) is 0 Å². The van der Waals surface area contributed by atoms with Crippen LogP contribution in [0, 0.1) is 10.1 Å². The highest BCUT2D eigenvalue weighted by molar-refractivity contribution is 7.89. The summed E-state index contributed by atoms with van der Waals surface area (Å²) in [5.74, 6) is 0.451. The van der Waals surface area contributed by atoms with Gasteiger partial charge in [0.1, 0.15) is 0 Å². The molecule has 1 aliphatic rings. The molecule has 0 amide bonds. The fourth-order valence-corrected chi connectivity index (χ4v) is 3.73. The Bertz CT molecular complexity index is 826. The lowest BCUT2D eigenvalue weighted by Crippen LogP contribution is -2.26. The third kappa shape index (κ3) is 3.41. The molecule has 0 bridgehead atoms. The molecule has 0 aliphatic heterocycles. The SMILES string of the molecule is O=[N+]([O-])c1ccc(S(=O)(=O)NCc2nnnn2C2CCCC2)cc1. The highest BCUT2D eigenvalue weighted by Crippen LogP contribution is 2.29. The topological polar surface area (TPSA) is 133 Å². The van der Waals surface area contributed by atoms with Gasteiger partial charge in [0.05, 0.1) is 22.4 Å². The van der Waals surface area contributed by atoms with Crippen LogP contribution < -0.4 is 4.72 Å². The van der Waals surface area contributed by atoms with Gasteiger partial charge in [0.25, 0.3) is 5.69 Å². The summed E-state index contributed by atoms with van der Waals surface area (Å²) in [6, 6.07) is 4.90. The number of sulfonamides is 1. The zero-order valence-electron chi connectivity index (χ0n) is 12.7. The Balaban J connectivity index is 1.71. The van der Waals surface area contributed by atoms with E-state index in [0.29, 0.717) is 5.82 Å². The summed E-state index contributed by atoms with van der Waals surface area (Å²) in [6.45, 7) is -0.0389. The molecule has 3 rings (SSSR count).